The van der Waals surface area contributed by atoms with Crippen molar-refractivity contribution in [3.63, 3.8) is 0 Å². The molecular weight excluding hydrogens is 274 g/mol. The van der Waals surface area contributed by atoms with Crippen molar-refractivity contribution in [3.05, 3.63) is 53.7 Å². The Balaban J connectivity index is 2.23. The molecular formula is C12H10F2N2O2S. The number of aromatic amines is 1. The molecule has 0 fully saturated rings. The number of halogens is 2. The van der Waals surface area contributed by atoms with Gasteiger partial charge in [-0.1, -0.05) is 18.2 Å². The zero-order valence-electron chi connectivity index (χ0n) is 9.68. The van der Waals surface area contributed by atoms with E-state index in [1.165, 1.54) is 36.5 Å². The van der Waals surface area contributed by atoms with E-state index >= 15 is 0 Å². The molecule has 7 heteroatoms. The first kappa shape index (κ1) is 13.4. The van der Waals surface area contributed by atoms with Crippen LogP contribution in [-0.2, 0) is 9.84 Å². The third-order valence-corrected chi connectivity index (χ3v) is 3.86. The van der Waals surface area contributed by atoms with E-state index in [1.54, 1.807) is 0 Å². The molecule has 0 aliphatic heterocycles. The van der Waals surface area contributed by atoms with Crippen LogP contribution in [0.5, 0.6) is 0 Å². The summed E-state index contributed by atoms with van der Waals surface area (Å²) in [5.74, 6) is -2.42. The molecule has 0 aliphatic rings. The van der Waals surface area contributed by atoms with E-state index in [4.69, 9.17) is 0 Å². The van der Waals surface area contributed by atoms with Gasteiger partial charge in [0.2, 0.25) is 9.84 Å². The summed E-state index contributed by atoms with van der Waals surface area (Å²) in [6.07, 6.45) is 2.19. The summed E-state index contributed by atoms with van der Waals surface area (Å²) in [6, 6.07) is 6.75. The second-order valence-electron chi connectivity index (χ2n) is 3.78. The summed E-state index contributed by atoms with van der Waals surface area (Å²) in [6.45, 7) is 0. The van der Waals surface area contributed by atoms with Crippen molar-refractivity contribution >= 4 is 15.9 Å². The zero-order chi connectivity index (χ0) is 13.9. The highest BCUT2D eigenvalue weighted by Gasteiger charge is 2.19. The summed E-state index contributed by atoms with van der Waals surface area (Å²) < 4.78 is 50.4. The predicted molar refractivity (Wildman–Crippen MR) is 66.1 cm³/mol. The molecule has 1 aromatic heterocycles. The maximum atomic E-state index is 13.6. The second kappa shape index (κ2) is 5.31. The van der Waals surface area contributed by atoms with Crippen LogP contribution in [0, 0.1) is 5.82 Å². The van der Waals surface area contributed by atoms with Gasteiger partial charge in [-0.05, 0) is 18.2 Å². The number of rotatable bonds is 4. The van der Waals surface area contributed by atoms with Crippen LogP contribution in [0.1, 0.15) is 5.56 Å². The lowest BCUT2D eigenvalue weighted by Gasteiger charge is -2.00. The van der Waals surface area contributed by atoms with Crippen LogP contribution < -0.4 is 0 Å². The van der Waals surface area contributed by atoms with E-state index in [1.807, 2.05) is 0 Å². The molecule has 1 N–H and O–H groups in total. The monoisotopic (exact) mass is 284 g/mol. The van der Waals surface area contributed by atoms with Crippen molar-refractivity contribution in [1.82, 2.24) is 10.2 Å². The third-order valence-electron chi connectivity index (χ3n) is 2.34. The fraction of sp³-hybridized carbons (Fsp3) is 0.0833. The molecule has 0 spiro atoms. The Hall–Kier alpha value is -2.02. The maximum Gasteiger partial charge on any atom is 0.203 e. The smallest absolute Gasteiger partial charge is 0.203 e. The van der Waals surface area contributed by atoms with Crippen molar-refractivity contribution in [2.75, 3.05) is 5.75 Å². The van der Waals surface area contributed by atoms with Gasteiger partial charge in [-0.2, -0.15) is 5.10 Å². The van der Waals surface area contributed by atoms with Gasteiger partial charge in [-0.3, -0.25) is 5.10 Å². The minimum atomic E-state index is -3.86. The van der Waals surface area contributed by atoms with Crippen LogP contribution in [0.4, 0.5) is 8.78 Å². The summed E-state index contributed by atoms with van der Waals surface area (Å²) in [5.41, 5.74) is -0.00257. The molecule has 1 aromatic carbocycles. The van der Waals surface area contributed by atoms with Crippen molar-refractivity contribution in [2.45, 2.75) is 5.03 Å². The van der Waals surface area contributed by atoms with Crippen molar-refractivity contribution < 1.29 is 17.2 Å². The predicted octanol–water partition coefficient (Wildman–Crippen LogP) is 2.33. The zero-order valence-corrected chi connectivity index (χ0v) is 10.5. The van der Waals surface area contributed by atoms with E-state index in [9.17, 15) is 17.2 Å². The van der Waals surface area contributed by atoms with Crippen LogP contribution in [0.2, 0.25) is 0 Å². The Morgan fingerprint density at radius 2 is 2.05 bits per heavy atom. The summed E-state index contributed by atoms with van der Waals surface area (Å²) in [7, 11) is -3.86. The molecule has 2 rings (SSSR count). The number of aromatic nitrogens is 2. The van der Waals surface area contributed by atoms with Crippen LogP contribution in [-0.4, -0.2) is 24.4 Å². The number of H-pyrrole nitrogens is 1. The molecule has 0 radical (unpaired) electrons. The number of benzene rings is 1. The quantitative estimate of drug-likeness (QED) is 0.937. The Morgan fingerprint density at radius 1 is 1.32 bits per heavy atom. The highest BCUT2D eigenvalue weighted by molar-refractivity contribution is 7.91. The Labute approximate surface area is 108 Å². The topological polar surface area (TPSA) is 62.8 Å². The molecule has 19 heavy (non-hydrogen) atoms. The van der Waals surface area contributed by atoms with Gasteiger partial charge in [0.25, 0.3) is 0 Å². The molecule has 4 nitrogen and oxygen atoms in total. The van der Waals surface area contributed by atoms with Crippen molar-refractivity contribution in [3.8, 4) is 0 Å². The SMILES string of the molecule is O=S(=O)(CC(F)=Cc1ccccc1F)c1cc[nH]n1. The molecule has 0 amide bonds. The first-order valence-electron chi connectivity index (χ1n) is 5.32. The van der Waals surface area contributed by atoms with E-state index in [2.05, 4.69) is 10.2 Å². The summed E-state index contributed by atoms with van der Waals surface area (Å²) in [4.78, 5) is 0. The first-order valence-corrected chi connectivity index (χ1v) is 6.97. The van der Waals surface area contributed by atoms with E-state index in [0.29, 0.717) is 0 Å². The first-order chi connectivity index (χ1) is 8.99. The molecule has 2 aromatic rings. The van der Waals surface area contributed by atoms with Gasteiger partial charge >= 0.3 is 0 Å². The molecule has 0 saturated carbocycles. The lowest BCUT2D eigenvalue weighted by molar-refractivity contribution is 0.581. The van der Waals surface area contributed by atoms with Crippen LogP contribution in [0.15, 0.2) is 47.4 Å². The Bertz CT molecular complexity index is 694. The molecule has 0 unspecified atom stereocenters. The van der Waals surface area contributed by atoms with Crippen molar-refractivity contribution in [1.29, 1.82) is 0 Å². The minimum absolute atomic E-state index is 0.00257. The number of hydrogen-bond acceptors (Lipinski definition) is 3. The lowest BCUT2D eigenvalue weighted by atomic mass is 10.2. The van der Waals surface area contributed by atoms with Crippen molar-refractivity contribution in [2.24, 2.45) is 0 Å². The van der Waals surface area contributed by atoms with Gasteiger partial charge in [0.15, 0.2) is 5.03 Å². The Morgan fingerprint density at radius 3 is 2.68 bits per heavy atom. The van der Waals surface area contributed by atoms with Gasteiger partial charge < -0.3 is 0 Å². The third kappa shape index (κ3) is 3.25. The molecule has 0 atom stereocenters. The maximum absolute atomic E-state index is 13.6. The fourth-order valence-electron chi connectivity index (χ4n) is 1.48. The molecule has 0 aliphatic carbocycles. The number of sulfone groups is 1. The number of nitrogens with zero attached hydrogens (tertiary/aromatic N) is 1. The lowest BCUT2D eigenvalue weighted by Crippen LogP contribution is -2.08. The van der Waals surface area contributed by atoms with Gasteiger partial charge in [0.05, 0.1) is 0 Å². The highest BCUT2D eigenvalue weighted by Crippen LogP contribution is 2.16. The molecule has 1 heterocycles. The average Bonchev–Trinajstić information content (AvgIpc) is 2.85. The van der Waals surface area contributed by atoms with E-state index in [-0.39, 0.29) is 10.6 Å². The van der Waals surface area contributed by atoms with Crippen LogP contribution in [0.25, 0.3) is 6.08 Å². The number of nitrogens with one attached hydrogen (secondary N) is 1. The largest absolute Gasteiger partial charge is 0.284 e. The highest BCUT2D eigenvalue weighted by atomic mass is 32.2. The average molecular weight is 284 g/mol. The summed E-state index contributed by atoms with van der Waals surface area (Å²) >= 11 is 0. The van der Waals surface area contributed by atoms with Crippen LogP contribution >= 0.6 is 0 Å². The molecule has 0 bridgehead atoms. The molecule has 0 saturated heterocycles. The fourth-order valence-corrected chi connectivity index (χ4v) is 2.54. The van der Waals surface area contributed by atoms with Gasteiger partial charge in [0, 0.05) is 11.8 Å². The molecule has 100 valence electrons. The van der Waals surface area contributed by atoms with Gasteiger partial charge in [-0.25, -0.2) is 17.2 Å². The van der Waals surface area contributed by atoms with Gasteiger partial charge in [0.1, 0.15) is 17.4 Å². The van der Waals surface area contributed by atoms with E-state index < -0.39 is 27.2 Å². The van der Waals surface area contributed by atoms with Crippen LogP contribution in [0.3, 0.4) is 0 Å². The number of hydrogen-bond donors (Lipinski definition) is 1. The standard InChI is InChI=1S/C12H10F2N2O2S/c13-10(7-9-3-1-2-4-11(9)14)8-19(17,18)12-5-6-15-16-12/h1-7H,8H2,(H,15,16). The summed E-state index contributed by atoms with van der Waals surface area (Å²) in [5, 5.41) is 5.58. The Kier molecular flexibility index (Phi) is 3.75. The normalized spacial score (nSPS) is 12.6. The minimum Gasteiger partial charge on any atom is -0.284 e. The van der Waals surface area contributed by atoms with E-state index in [0.717, 1.165) is 6.08 Å². The van der Waals surface area contributed by atoms with Gasteiger partial charge in [-0.15, -0.1) is 0 Å². The second-order valence-corrected chi connectivity index (χ2v) is 5.72.